The van der Waals surface area contributed by atoms with Crippen molar-refractivity contribution in [3.05, 3.63) is 35.9 Å². The Hall–Kier alpha value is -7.82. The van der Waals surface area contributed by atoms with Crippen LogP contribution in [0.4, 0.5) is 0 Å². The number of hydrogen-bond acceptors (Lipinski definition) is 19. The third-order valence-electron chi connectivity index (χ3n) is 14.5. The molecule has 96 heavy (non-hydrogen) atoms. The smallest absolute Gasteiger partial charge is 0.326 e. The number of thioether (sulfide) groups is 1. The van der Waals surface area contributed by atoms with Gasteiger partial charge < -0.3 is 96.3 Å². The van der Waals surface area contributed by atoms with Crippen molar-refractivity contribution < 1.29 is 77.6 Å². The minimum Gasteiger partial charge on any atom is -0.480 e. The van der Waals surface area contributed by atoms with Gasteiger partial charge in [0.25, 0.3) is 0 Å². The number of carboxylic acids is 1. The van der Waals surface area contributed by atoms with Crippen molar-refractivity contribution in [1.29, 1.82) is 0 Å². The van der Waals surface area contributed by atoms with Crippen LogP contribution in [0.25, 0.3) is 0 Å². The van der Waals surface area contributed by atoms with E-state index in [9.17, 15) is 77.6 Å². The summed E-state index contributed by atoms with van der Waals surface area (Å²) in [6, 6.07) is -5.76. The summed E-state index contributed by atoms with van der Waals surface area (Å²) in [7, 11) is 0. The van der Waals surface area contributed by atoms with Gasteiger partial charge in [-0.15, -0.1) is 0 Å². The van der Waals surface area contributed by atoms with E-state index in [0.29, 0.717) is 17.7 Å². The summed E-state index contributed by atoms with van der Waals surface area (Å²) in [5.74, 6) is -13.2. The monoisotopic (exact) mass is 1390 g/mol. The molecule has 1 rings (SSSR count). The molecule has 0 aliphatic rings. The average Bonchev–Trinajstić information content (AvgIpc) is 0.895. The SMILES string of the molecule is CSCC[C@H](NC(=O)[C@H](CC(C)C)NC(=O)[C@H](Cc1ccccc1)NC(=O)[C@@H](N)CCCN=C(N)N)C(=O)N[C@@H](CC(C)C)C(=O)N[C@H](C(=O)NCC(=O)NCC(=O)N[C@@H](CO)C(=O)N[C@H](C(=O)N[C@@H](CC(C)C)C(=O)N[C@@H](CS)C(=O)N[C@H](C(=O)O)C(C)C)[C@@H](C)O)C(C)C. The summed E-state index contributed by atoms with van der Waals surface area (Å²) in [4.78, 5) is 179. The first-order chi connectivity index (χ1) is 45.0. The molecule has 0 saturated carbocycles. The Morgan fingerprint density at radius 1 is 0.500 bits per heavy atom. The summed E-state index contributed by atoms with van der Waals surface area (Å²) in [5.41, 5.74) is 17.7. The number of aliphatic hydroxyl groups excluding tert-OH is 2. The fourth-order valence-electron chi connectivity index (χ4n) is 9.32. The number of nitrogens with zero attached hydrogens (tertiary/aromatic N) is 1. The lowest BCUT2D eigenvalue weighted by Crippen LogP contribution is -2.62. The van der Waals surface area contributed by atoms with Gasteiger partial charge in [0, 0.05) is 18.7 Å². The average molecular weight is 1400 g/mol. The van der Waals surface area contributed by atoms with E-state index in [-0.39, 0.29) is 74.5 Å². The fraction of sp³-hybridized carbons (Fsp3) is 0.677. The predicted molar refractivity (Wildman–Crippen MR) is 365 cm³/mol. The van der Waals surface area contributed by atoms with E-state index in [1.807, 2.05) is 13.8 Å². The molecule has 0 bridgehead atoms. The maximum absolute atomic E-state index is 14.3. The molecule has 0 aliphatic heterocycles. The molecule has 12 amide bonds. The van der Waals surface area contributed by atoms with Crippen molar-refractivity contribution in [2.75, 3.05) is 44.0 Å². The first kappa shape index (κ1) is 86.2. The van der Waals surface area contributed by atoms with Crippen molar-refractivity contribution in [3.8, 4) is 0 Å². The van der Waals surface area contributed by atoms with Crippen LogP contribution in [0.2, 0.25) is 0 Å². The number of benzene rings is 1. The van der Waals surface area contributed by atoms with Crippen molar-refractivity contribution in [1.82, 2.24) is 63.8 Å². The first-order valence-corrected chi connectivity index (χ1v) is 34.0. The quantitative estimate of drug-likeness (QED) is 0.0129. The van der Waals surface area contributed by atoms with Crippen molar-refractivity contribution in [2.24, 2.45) is 51.8 Å². The highest BCUT2D eigenvalue weighted by atomic mass is 32.2. The predicted octanol–water partition coefficient (Wildman–Crippen LogP) is -3.72. The van der Waals surface area contributed by atoms with Gasteiger partial charge in [0.1, 0.15) is 60.4 Å². The first-order valence-electron chi connectivity index (χ1n) is 32.0. The van der Waals surface area contributed by atoms with E-state index in [1.54, 1.807) is 92.0 Å². The van der Waals surface area contributed by atoms with Crippen LogP contribution in [-0.2, 0) is 68.7 Å². The molecular formula is C62H106N16O16S2. The highest BCUT2D eigenvalue weighted by Gasteiger charge is 2.37. The number of nitrogens with two attached hydrogens (primary N) is 3. The molecule has 12 atom stereocenters. The number of aliphatic carboxylic acids is 1. The van der Waals surface area contributed by atoms with E-state index in [4.69, 9.17) is 17.2 Å². The third kappa shape index (κ3) is 33.2. The molecule has 0 fully saturated rings. The van der Waals surface area contributed by atoms with Gasteiger partial charge in [0.2, 0.25) is 70.9 Å². The second-order valence-electron chi connectivity index (χ2n) is 25.3. The highest BCUT2D eigenvalue weighted by molar-refractivity contribution is 7.98. The molecule has 1 aromatic rings. The van der Waals surface area contributed by atoms with Gasteiger partial charge in [-0.3, -0.25) is 62.5 Å². The van der Waals surface area contributed by atoms with Crippen LogP contribution in [0.1, 0.15) is 120 Å². The largest absolute Gasteiger partial charge is 0.480 e. The lowest BCUT2D eigenvalue weighted by Gasteiger charge is -2.29. The van der Waals surface area contributed by atoms with Crippen LogP contribution in [-0.4, -0.2) is 215 Å². The number of guanidine groups is 1. The maximum Gasteiger partial charge on any atom is 0.326 e. The Morgan fingerprint density at radius 2 is 0.927 bits per heavy atom. The molecule has 0 saturated heterocycles. The van der Waals surface area contributed by atoms with Crippen molar-refractivity contribution >= 4 is 107 Å². The van der Waals surface area contributed by atoms with Gasteiger partial charge in [-0.05, 0) is 92.6 Å². The zero-order valence-electron chi connectivity index (χ0n) is 57.1. The van der Waals surface area contributed by atoms with E-state index in [1.165, 1.54) is 11.8 Å². The van der Waals surface area contributed by atoms with Crippen molar-refractivity contribution in [2.45, 2.75) is 194 Å². The molecule has 32 nitrogen and oxygen atoms in total. The fourth-order valence-corrected chi connectivity index (χ4v) is 10.0. The van der Waals surface area contributed by atoms with Gasteiger partial charge in [-0.25, -0.2) is 4.79 Å². The van der Waals surface area contributed by atoms with Gasteiger partial charge in [0.15, 0.2) is 5.96 Å². The topological polar surface area (TPSA) is 517 Å². The van der Waals surface area contributed by atoms with E-state index >= 15 is 0 Å². The van der Waals surface area contributed by atoms with Crippen LogP contribution in [0, 0.1) is 29.6 Å². The van der Waals surface area contributed by atoms with Crippen LogP contribution in [0.5, 0.6) is 0 Å². The minimum absolute atomic E-state index is 0.00588. The number of carbonyl (C=O) groups excluding carboxylic acids is 12. The number of carboxylic acid groups (broad SMARTS) is 1. The molecule has 0 unspecified atom stereocenters. The molecule has 0 aromatic heterocycles. The number of aliphatic hydroxyl groups is 2. The third-order valence-corrected chi connectivity index (χ3v) is 15.6. The maximum atomic E-state index is 14.3. The highest BCUT2D eigenvalue weighted by Crippen LogP contribution is 2.14. The standard InChI is InChI=1S/C62H106N16O16S2/c1-31(2)23-40(73-55(87)43(26-37-17-14-13-15-18-37)71-51(83)38(63)19-16-21-66-62(64)65)53(85)70-39(20-22-96-12)52(84)72-42(25-33(5)6)56(88)76-48(34(7)8)59(91)68-27-46(81)67-28-47(82)69-44(29-79)57(89)78-50(36(11)80)60(92)74-41(24-32(3)4)54(86)75-45(30-95)58(90)77-49(35(9)10)61(93)94/h13-15,17-18,31-36,38-45,48-50,79-80,95H,16,19-30,63H2,1-12H3,(H,67,81)(H,68,91)(H,69,82)(H,70,85)(H,71,83)(H,72,84)(H,73,87)(H,74,92)(H,75,86)(H,76,88)(H,77,90)(H,78,89)(H,93,94)(H4,64,65,66)/t36-,38+,39+,40+,41+,42+,43+,44+,45+,48+,49+,50+/m1/s1. The molecule has 21 N–H and O–H groups in total. The number of nitrogens with one attached hydrogen (secondary N) is 12. The van der Waals surface area contributed by atoms with E-state index in [0.717, 1.165) is 6.92 Å². The van der Waals surface area contributed by atoms with Crippen LogP contribution in [0.3, 0.4) is 0 Å². The number of thiol groups is 1. The lowest BCUT2D eigenvalue weighted by atomic mass is 9.99. The molecule has 0 radical (unpaired) electrons. The Labute approximate surface area is 571 Å². The van der Waals surface area contributed by atoms with Crippen LogP contribution in [0.15, 0.2) is 35.3 Å². The van der Waals surface area contributed by atoms with Gasteiger partial charge >= 0.3 is 5.97 Å². The number of carbonyl (C=O) groups is 13. The summed E-state index contributed by atoms with van der Waals surface area (Å²) in [6.07, 6.45) is 1.10. The molecule has 0 aliphatic carbocycles. The molecular weight excluding hydrogens is 1290 g/mol. The summed E-state index contributed by atoms with van der Waals surface area (Å²) in [5, 5.41) is 60.2. The minimum atomic E-state index is -1.78. The number of rotatable bonds is 45. The Kier molecular flexibility index (Phi) is 40.2. The van der Waals surface area contributed by atoms with E-state index in [2.05, 4.69) is 81.4 Å². The summed E-state index contributed by atoms with van der Waals surface area (Å²) < 4.78 is 0. The van der Waals surface area contributed by atoms with Gasteiger partial charge in [-0.2, -0.15) is 24.4 Å². The van der Waals surface area contributed by atoms with Gasteiger partial charge in [-0.1, -0.05) is 99.6 Å². The lowest BCUT2D eigenvalue weighted by molar-refractivity contribution is -0.143. The zero-order valence-corrected chi connectivity index (χ0v) is 58.8. The summed E-state index contributed by atoms with van der Waals surface area (Å²) >= 11 is 5.51. The number of hydrogen-bond donors (Lipinski definition) is 19. The second-order valence-corrected chi connectivity index (χ2v) is 26.6. The Balaban J connectivity index is 3.15. The van der Waals surface area contributed by atoms with E-state index < -0.39 is 181 Å². The second kappa shape index (κ2) is 44.8. The summed E-state index contributed by atoms with van der Waals surface area (Å²) in [6.45, 7) is 15.9. The Bertz CT molecular complexity index is 2760. The zero-order chi connectivity index (χ0) is 73.1. The molecule has 0 spiro atoms. The molecule has 1 aromatic carbocycles. The molecule has 0 heterocycles. The number of aliphatic imine (C=N–C) groups is 1. The molecule has 542 valence electrons. The number of amides is 12. The van der Waals surface area contributed by atoms with Crippen molar-refractivity contribution in [3.63, 3.8) is 0 Å². The Morgan fingerprint density at radius 3 is 1.40 bits per heavy atom. The van der Waals surface area contributed by atoms with Crippen LogP contribution < -0.4 is 81.0 Å². The van der Waals surface area contributed by atoms with Gasteiger partial charge in [0.05, 0.1) is 31.8 Å². The molecule has 34 heteroatoms. The van der Waals surface area contributed by atoms with Crippen LogP contribution >= 0.6 is 24.4 Å². The normalized spacial score (nSPS) is 15.1.